The second-order valence-electron chi connectivity index (χ2n) is 4.11. The van der Waals surface area contributed by atoms with Gasteiger partial charge in [-0.1, -0.05) is 41.4 Å². The summed E-state index contributed by atoms with van der Waals surface area (Å²) in [5, 5.41) is 2.75. The van der Waals surface area contributed by atoms with Gasteiger partial charge in [-0.15, -0.1) is 0 Å². The van der Waals surface area contributed by atoms with Gasteiger partial charge < -0.3 is 10.2 Å². The lowest BCUT2D eigenvalue weighted by Crippen LogP contribution is -2.34. The van der Waals surface area contributed by atoms with E-state index in [1.165, 1.54) is 0 Å². The normalized spacial score (nSPS) is 10.6. The zero-order valence-electron chi connectivity index (χ0n) is 10.8. The van der Waals surface area contributed by atoms with E-state index in [-0.39, 0.29) is 6.03 Å². The molecule has 0 fully saturated rings. The van der Waals surface area contributed by atoms with Crippen molar-refractivity contribution in [2.75, 3.05) is 13.6 Å². The van der Waals surface area contributed by atoms with E-state index in [1.807, 2.05) is 30.3 Å². The van der Waals surface area contributed by atoms with E-state index in [9.17, 15) is 4.79 Å². The lowest BCUT2D eigenvalue weighted by atomic mass is 10.2. The molecule has 0 heterocycles. The Morgan fingerprint density at radius 2 is 2.28 bits per heavy atom. The minimum Gasteiger partial charge on any atom is -0.328 e. The van der Waals surface area contributed by atoms with E-state index in [0.29, 0.717) is 0 Å². The molecule has 1 N–H and O–H groups in total. The highest BCUT2D eigenvalue weighted by Gasteiger charge is 2.04. The maximum atomic E-state index is 11.7. The lowest BCUT2D eigenvalue weighted by molar-refractivity contribution is 0.212. The van der Waals surface area contributed by atoms with Gasteiger partial charge >= 0.3 is 6.03 Å². The van der Waals surface area contributed by atoms with E-state index in [4.69, 9.17) is 0 Å². The Hall–Kier alpha value is -1.29. The van der Waals surface area contributed by atoms with Gasteiger partial charge in [0.05, 0.1) is 0 Å². The predicted molar refractivity (Wildman–Crippen MR) is 79.2 cm³/mol. The average Bonchev–Trinajstić information content (AvgIpc) is 2.35. The van der Waals surface area contributed by atoms with Crippen molar-refractivity contribution in [2.24, 2.45) is 0 Å². The number of carbonyl (C=O) groups is 1. The Balaban J connectivity index is 2.42. The summed E-state index contributed by atoms with van der Waals surface area (Å²) >= 11 is 3.41. The minimum absolute atomic E-state index is 0.0744. The number of unbranched alkanes of at least 4 members (excludes halogenated alkanes) is 1. The molecule has 0 spiro atoms. The van der Waals surface area contributed by atoms with Crippen molar-refractivity contribution in [1.82, 2.24) is 10.2 Å². The summed E-state index contributed by atoms with van der Waals surface area (Å²) < 4.78 is 1.02. The summed E-state index contributed by atoms with van der Waals surface area (Å²) in [6.07, 6.45) is 5.66. The third-order valence-corrected chi connectivity index (χ3v) is 3.02. The Kier molecular flexibility index (Phi) is 6.50. The molecule has 0 aliphatic carbocycles. The van der Waals surface area contributed by atoms with Crippen LogP contribution < -0.4 is 5.32 Å². The number of carbonyl (C=O) groups excluding carboxylic acids is 1. The molecule has 1 aromatic rings. The maximum absolute atomic E-state index is 11.7. The molecule has 98 valence electrons. The van der Waals surface area contributed by atoms with Gasteiger partial charge in [0.15, 0.2) is 0 Å². The van der Waals surface area contributed by atoms with Crippen molar-refractivity contribution in [1.29, 1.82) is 0 Å². The highest BCUT2D eigenvalue weighted by molar-refractivity contribution is 9.10. The third-order valence-electron chi connectivity index (χ3n) is 2.53. The van der Waals surface area contributed by atoms with Crippen molar-refractivity contribution >= 4 is 28.0 Å². The average molecular weight is 311 g/mol. The molecule has 4 heteroatoms. The number of benzene rings is 1. The molecule has 0 saturated heterocycles. The summed E-state index contributed by atoms with van der Waals surface area (Å²) in [6.45, 7) is 2.89. The monoisotopic (exact) mass is 310 g/mol. The summed E-state index contributed by atoms with van der Waals surface area (Å²) in [7, 11) is 1.80. The standard InChI is InChI=1S/C14H19BrN2O/c1-3-4-10-17(2)14(18)16-9-8-12-6-5-7-13(15)11-12/h5-9,11H,3-4,10H2,1-2H3,(H,16,18)/b9-8+. The fourth-order valence-corrected chi connectivity index (χ4v) is 1.84. The zero-order valence-corrected chi connectivity index (χ0v) is 12.4. The summed E-state index contributed by atoms with van der Waals surface area (Å²) in [5.74, 6) is 0. The first kappa shape index (κ1) is 14.8. The van der Waals surface area contributed by atoms with Gasteiger partial charge in [-0.3, -0.25) is 0 Å². The van der Waals surface area contributed by atoms with Gasteiger partial charge in [-0.05, 0) is 30.2 Å². The quantitative estimate of drug-likeness (QED) is 0.880. The Morgan fingerprint density at radius 1 is 1.50 bits per heavy atom. The zero-order chi connectivity index (χ0) is 13.4. The molecule has 0 aliphatic heterocycles. The summed E-state index contributed by atoms with van der Waals surface area (Å²) in [4.78, 5) is 13.3. The van der Waals surface area contributed by atoms with E-state index >= 15 is 0 Å². The summed E-state index contributed by atoms with van der Waals surface area (Å²) in [5.41, 5.74) is 1.04. The molecule has 1 aromatic carbocycles. The van der Waals surface area contributed by atoms with Gasteiger partial charge in [-0.25, -0.2) is 4.79 Å². The number of nitrogens with zero attached hydrogens (tertiary/aromatic N) is 1. The number of hydrogen-bond acceptors (Lipinski definition) is 1. The van der Waals surface area contributed by atoms with Crippen molar-refractivity contribution in [3.63, 3.8) is 0 Å². The van der Waals surface area contributed by atoms with Gasteiger partial charge in [0.25, 0.3) is 0 Å². The van der Waals surface area contributed by atoms with Crippen molar-refractivity contribution in [3.8, 4) is 0 Å². The van der Waals surface area contributed by atoms with Crippen LogP contribution in [-0.4, -0.2) is 24.5 Å². The molecule has 3 nitrogen and oxygen atoms in total. The number of nitrogens with one attached hydrogen (secondary N) is 1. The van der Waals surface area contributed by atoms with Gasteiger partial charge in [0.2, 0.25) is 0 Å². The molecule has 0 aromatic heterocycles. The second-order valence-corrected chi connectivity index (χ2v) is 5.03. The smallest absolute Gasteiger partial charge is 0.321 e. The van der Waals surface area contributed by atoms with Crippen molar-refractivity contribution in [2.45, 2.75) is 19.8 Å². The van der Waals surface area contributed by atoms with Crippen LogP contribution in [0.15, 0.2) is 34.9 Å². The van der Waals surface area contributed by atoms with Crippen LogP contribution in [0.2, 0.25) is 0 Å². The molecule has 0 unspecified atom stereocenters. The second kappa shape index (κ2) is 7.93. The number of amides is 2. The van der Waals surface area contributed by atoms with Crippen LogP contribution >= 0.6 is 15.9 Å². The van der Waals surface area contributed by atoms with E-state index in [0.717, 1.165) is 29.4 Å². The van der Waals surface area contributed by atoms with Gasteiger partial charge in [0, 0.05) is 24.3 Å². The Labute approximate surface area is 117 Å². The Morgan fingerprint density at radius 3 is 2.94 bits per heavy atom. The third kappa shape index (κ3) is 5.36. The van der Waals surface area contributed by atoms with Crippen LogP contribution in [-0.2, 0) is 0 Å². The van der Waals surface area contributed by atoms with E-state index in [2.05, 4.69) is 28.2 Å². The number of urea groups is 1. The topological polar surface area (TPSA) is 32.3 Å². The molecule has 0 bridgehead atoms. The SMILES string of the molecule is CCCCN(C)C(=O)N/C=C/c1cccc(Br)c1. The van der Waals surface area contributed by atoms with Crippen LogP contribution in [0.5, 0.6) is 0 Å². The molecule has 0 atom stereocenters. The lowest BCUT2D eigenvalue weighted by Gasteiger charge is -2.15. The van der Waals surface area contributed by atoms with Crippen LogP contribution in [0.25, 0.3) is 6.08 Å². The fraction of sp³-hybridized carbons (Fsp3) is 0.357. The molecular formula is C14H19BrN2O. The van der Waals surface area contributed by atoms with Crippen LogP contribution in [0, 0.1) is 0 Å². The van der Waals surface area contributed by atoms with E-state index < -0.39 is 0 Å². The first-order valence-corrected chi connectivity index (χ1v) is 6.86. The molecule has 0 radical (unpaired) electrons. The molecule has 1 rings (SSSR count). The number of rotatable bonds is 5. The van der Waals surface area contributed by atoms with Crippen LogP contribution in [0.4, 0.5) is 4.79 Å². The fourth-order valence-electron chi connectivity index (χ4n) is 1.43. The van der Waals surface area contributed by atoms with Crippen molar-refractivity contribution in [3.05, 3.63) is 40.5 Å². The van der Waals surface area contributed by atoms with E-state index in [1.54, 1.807) is 18.1 Å². The number of hydrogen-bond donors (Lipinski definition) is 1. The molecular weight excluding hydrogens is 292 g/mol. The molecule has 0 aliphatic rings. The first-order chi connectivity index (χ1) is 8.63. The van der Waals surface area contributed by atoms with Gasteiger partial charge in [0.1, 0.15) is 0 Å². The predicted octanol–water partition coefficient (Wildman–Crippen LogP) is 3.86. The maximum Gasteiger partial charge on any atom is 0.321 e. The highest BCUT2D eigenvalue weighted by Crippen LogP contribution is 2.12. The minimum atomic E-state index is -0.0744. The van der Waals surface area contributed by atoms with Crippen molar-refractivity contribution < 1.29 is 4.79 Å². The molecule has 18 heavy (non-hydrogen) atoms. The number of halogens is 1. The van der Waals surface area contributed by atoms with Gasteiger partial charge in [-0.2, -0.15) is 0 Å². The first-order valence-electron chi connectivity index (χ1n) is 6.07. The van der Waals surface area contributed by atoms with Crippen LogP contribution in [0.3, 0.4) is 0 Å². The highest BCUT2D eigenvalue weighted by atomic mass is 79.9. The molecule has 2 amide bonds. The molecule has 0 saturated carbocycles. The largest absolute Gasteiger partial charge is 0.328 e. The van der Waals surface area contributed by atoms with Crippen LogP contribution in [0.1, 0.15) is 25.3 Å². The Bertz CT molecular complexity index is 418. The summed E-state index contributed by atoms with van der Waals surface area (Å²) in [6, 6.07) is 7.82.